The number of nitrogens with one attached hydrogen (secondary N) is 1. The molecule has 1 N–H and O–H groups in total. The summed E-state index contributed by atoms with van der Waals surface area (Å²) in [6.07, 6.45) is 0. The van der Waals surface area contributed by atoms with Crippen LogP contribution in [0.4, 0.5) is 17.6 Å². The van der Waals surface area contributed by atoms with Crippen molar-refractivity contribution in [3.8, 4) is 0 Å². The molecule has 0 spiro atoms. The number of hydrogen-bond acceptors (Lipinski definition) is 1. The fourth-order valence-electron chi connectivity index (χ4n) is 2.45. The first-order chi connectivity index (χ1) is 9.85. The van der Waals surface area contributed by atoms with Crippen molar-refractivity contribution in [2.45, 2.75) is 19.9 Å². The molecule has 0 amide bonds. The van der Waals surface area contributed by atoms with Gasteiger partial charge >= 0.3 is 0 Å². The largest absolute Gasteiger partial charge is 0.309 e. The molecule has 0 saturated heterocycles. The second-order valence-corrected chi connectivity index (χ2v) is 4.97. The van der Waals surface area contributed by atoms with Crippen molar-refractivity contribution in [3.05, 3.63) is 69.8 Å². The van der Waals surface area contributed by atoms with Crippen LogP contribution in [0, 0.1) is 37.1 Å². The number of halogens is 4. The minimum absolute atomic E-state index is 0.288. The Bertz CT molecular complexity index is 636. The molecule has 112 valence electrons. The molecule has 1 nitrogen and oxygen atoms in total. The molecule has 0 heterocycles. The molecule has 0 aliphatic heterocycles. The number of hydrogen-bond donors (Lipinski definition) is 1. The SMILES string of the molecule is CNC(c1cc(C)c(F)c(C)c1)c1c(F)cc(F)cc1F. The van der Waals surface area contributed by atoms with Crippen LogP contribution in [-0.4, -0.2) is 7.05 Å². The maximum absolute atomic E-state index is 13.9. The zero-order valence-corrected chi connectivity index (χ0v) is 11.9. The Morgan fingerprint density at radius 1 is 0.857 bits per heavy atom. The Morgan fingerprint density at radius 2 is 1.33 bits per heavy atom. The van der Waals surface area contributed by atoms with E-state index in [1.807, 2.05) is 0 Å². The lowest BCUT2D eigenvalue weighted by Crippen LogP contribution is -2.21. The van der Waals surface area contributed by atoms with Crippen molar-refractivity contribution < 1.29 is 17.6 Å². The van der Waals surface area contributed by atoms with Gasteiger partial charge in [0.2, 0.25) is 0 Å². The van der Waals surface area contributed by atoms with Crippen molar-refractivity contribution in [2.24, 2.45) is 0 Å². The third-order valence-corrected chi connectivity index (χ3v) is 3.41. The predicted octanol–water partition coefficient (Wildman–Crippen LogP) is 4.17. The standard InChI is InChI=1S/C16H15F4N/c1-8-4-10(5-9(2)15(8)20)16(21-3)14-12(18)6-11(17)7-13(14)19/h4-7,16,21H,1-3H3. The van der Waals surface area contributed by atoms with Crippen LogP contribution >= 0.6 is 0 Å². The average Bonchev–Trinajstić information content (AvgIpc) is 2.39. The summed E-state index contributed by atoms with van der Waals surface area (Å²) in [5.41, 5.74) is 0.990. The quantitative estimate of drug-likeness (QED) is 0.839. The molecule has 0 fully saturated rings. The minimum Gasteiger partial charge on any atom is -0.309 e. The molecule has 2 rings (SSSR count). The maximum Gasteiger partial charge on any atom is 0.134 e. The summed E-state index contributed by atoms with van der Waals surface area (Å²) in [4.78, 5) is 0. The Morgan fingerprint density at radius 3 is 1.76 bits per heavy atom. The van der Waals surface area contributed by atoms with Gasteiger partial charge in [-0.15, -0.1) is 0 Å². The highest BCUT2D eigenvalue weighted by atomic mass is 19.1. The van der Waals surface area contributed by atoms with E-state index in [-0.39, 0.29) is 11.4 Å². The molecule has 0 aliphatic rings. The topological polar surface area (TPSA) is 12.0 Å². The monoisotopic (exact) mass is 297 g/mol. The normalized spacial score (nSPS) is 12.5. The van der Waals surface area contributed by atoms with Crippen LogP contribution in [0.3, 0.4) is 0 Å². The number of rotatable bonds is 3. The zero-order chi connectivity index (χ0) is 15.7. The van der Waals surface area contributed by atoms with E-state index in [9.17, 15) is 17.6 Å². The van der Waals surface area contributed by atoms with E-state index in [1.54, 1.807) is 13.8 Å². The van der Waals surface area contributed by atoms with Gasteiger partial charge in [0.15, 0.2) is 0 Å². The van der Waals surface area contributed by atoms with Gasteiger partial charge in [0, 0.05) is 17.7 Å². The molecular formula is C16H15F4N. The lowest BCUT2D eigenvalue weighted by Gasteiger charge is -2.20. The lowest BCUT2D eigenvalue weighted by atomic mass is 9.94. The van der Waals surface area contributed by atoms with E-state index >= 15 is 0 Å². The summed E-state index contributed by atoms with van der Waals surface area (Å²) in [5, 5.41) is 2.78. The third-order valence-electron chi connectivity index (χ3n) is 3.41. The number of benzene rings is 2. The van der Waals surface area contributed by atoms with Crippen LogP contribution < -0.4 is 5.32 Å². The first-order valence-electron chi connectivity index (χ1n) is 6.43. The molecule has 2 aromatic rings. The Kier molecular flexibility index (Phi) is 4.32. The van der Waals surface area contributed by atoms with Crippen LogP contribution in [0.15, 0.2) is 24.3 Å². The summed E-state index contributed by atoms with van der Waals surface area (Å²) in [6, 6.07) is 3.47. The Labute approximate surface area is 120 Å². The number of aryl methyl sites for hydroxylation is 2. The molecule has 0 bridgehead atoms. The van der Waals surface area contributed by atoms with Crippen LogP contribution in [0.1, 0.15) is 28.3 Å². The van der Waals surface area contributed by atoms with Gasteiger partial charge in [-0.1, -0.05) is 12.1 Å². The van der Waals surface area contributed by atoms with E-state index in [0.29, 0.717) is 28.8 Å². The maximum atomic E-state index is 13.9. The van der Waals surface area contributed by atoms with E-state index < -0.39 is 23.5 Å². The van der Waals surface area contributed by atoms with Gasteiger partial charge in [-0.3, -0.25) is 0 Å². The van der Waals surface area contributed by atoms with Gasteiger partial charge in [-0.2, -0.15) is 0 Å². The highest BCUT2D eigenvalue weighted by Crippen LogP contribution is 2.29. The summed E-state index contributed by atoms with van der Waals surface area (Å²) in [6.45, 7) is 3.16. The van der Waals surface area contributed by atoms with Gasteiger partial charge in [0.1, 0.15) is 23.3 Å². The van der Waals surface area contributed by atoms with Gasteiger partial charge in [-0.05, 0) is 37.6 Å². The Hall–Kier alpha value is -1.88. The molecule has 1 atom stereocenters. The first-order valence-corrected chi connectivity index (χ1v) is 6.43. The van der Waals surface area contributed by atoms with E-state index in [2.05, 4.69) is 5.32 Å². The van der Waals surface area contributed by atoms with E-state index in [1.165, 1.54) is 19.2 Å². The second kappa shape index (κ2) is 5.85. The van der Waals surface area contributed by atoms with Gasteiger partial charge in [0.05, 0.1) is 6.04 Å². The highest BCUT2D eigenvalue weighted by molar-refractivity contribution is 5.39. The summed E-state index contributed by atoms with van der Waals surface area (Å²) < 4.78 is 54.5. The third kappa shape index (κ3) is 2.93. The molecule has 1 unspecified atom stereocenters. The molecule has 0 radical (unpaired) electrons. The van der Waals surface area contributed by atoms with Crippen molar-refractivity contribution in [3.63, 3.8) is 0 Å². The molecular weight excluding hydrogens is 282 g/mol. The zero-order valence-electron chi connectivity index (χ0n) is 11.9. The molecule has 2 aromatic carbocycles. The van der Waals surface area contributed by atoms with Crippen LogP contribution in [0.25, 0.3) is 0 Å². The lowest BCUT2D eigenvalue weighted by molar-refractivity contribution is 0.499. The molecule has 5 heteroatoms. The average molecular weight is 297 g/mol. The first kappa shape index (κ1) is 15.5. The molecule has 0 saturated carbocycles. The van der Waals surface area contributed by atoms with Crippen LogP contribution in [-0.2, 0) is 0 Å². The van der Waals surface area contributed by atoms with Gasteiger partial charge in [-0.25, -0.2) is 17.6 Å². The van der Waals surface area contributed by atoms with E-state index in [0.717, 1.165) is 0 Å². The Balaban J connectivity index is 2.60. The highest BCUT2D eigenvalue weighted by Gasteiger charge is 2.23. The molecule has 0 aliphatic carbocycles. The van der Waals surface area contributed by atoms with Crippen LogP contribution in [0.5, 0.6) is 0 Å². The summed E-state index contributed by atoms with van der Waals surface area (Å²) in [7, 11) is 1.53. The van der Waals surface area contributed by atoms with Gasteiger partial charge in [0.25, 0.3) is 0 Å². The minimum atomic E-state index is -0.980. The molecule has 21 heavy (non-hydrogen) atoms. The predicted molar refractivity (Wildman–Crippen MR) is 73.1 cm³/mol. The van der Waals surface area contributed by atoms with Crippen LogP contribution in [0.2, 0.25) is 0 Å². The fourth-order valence-corrected chi connectivity index (χ4v) is 2.45. The summed E-state index contributed by atoms with van der Waals surface area (Å²) in [5.74, 6) is -3.29. The smallest absolute Gasteiger partial charge is 0.134 e. The van der Waals surface area contributed by atoms with Crippen molar-refractivity contribution in [2.75, 3.05) is 7.05 Å². The molecule has 0 aromatic heterocycles. The second-order valence-electron chi connectivity index (χ2n) is 4.97. The van der Waals surface area contributed by atoms with Crippen molar-refractivity contribution >= 4 is 0 Å². The fraction of sp³-hybridized carbons (Fsp3) is 0.250. The van der Waals surface area contributed by atoms with E-state index in [4.69, 9.17) is 0 Å². The van der Waals surface area contributed by atoms with Gasteiger partial charge < -0.3 is 5.32 Å². The van der Waals surface area contributed by atoms with Crippen molar-refractivity contribution in [1.82, 2.24) is 5.32 Å². The summed E-state index contributed by atoms with van der Waals surface area (Å²) >= 11 is 0. The van der Waals surface area contributed by atoms with Crippen molar-refractivity contribution in [1.29, 1.82) is 0 Å².